The highest BCUT2D eigenvalue weighted by molar-refractivity contribution is 7.89. The third kappa shape index (κ3) is 4.65. The minimum atomic E-state index is -3.44. The van der Waals surface area contributed by atoms with E-state index in [-0.39, 0.29) is 10.3 Å². The van der Waals surface area contributed by atoms with Crippen LogP contribution in [0.25, 0.3) is 0 Å². The second-order valence-electron chi connectivity index (χ2n) is 6.59. The summed E-state index contributed by atoms with van der Waals surface area (Å²) in [6.45, 7) is 8.44. The summed E-state index contributed by atoms with van der Waals surface area (Å²) in [5, 5.41) is 0. The van der Waals surface area contributed by atoms with Crippen LogP contribution < -0.4 is 4.72 Å². The zero-order valence-electron chi connectivity index (χ0n) is 14.1. The molecule has 0 unspecified atom stereocenters. The lowest BCUT2D eigenvalue weighted by atomic mass is 9.97. The Hall–Kier alpha value is -1.66. The maximum Gasteiger partial charge on any atom is 0.240 e. The predicted molar refractivity (Wildman–Crippen MR) is 89.9 cm³/mol. The minimum Gasteiger partial charge on any atom is -0.445 e. The first kappa shape index (κ1) is 17.7. The quantitative estimate of drug-likeness (QED) is 0.822. The number of rotatable bonds is 6. The first-order valence-electron chi connectivity index (χ1n) is 7.71. The molecule has 0 amide bonds. The molecule has 1 aromatic heterocycles. The van der Waals surface area contributed by atoms with Crippen LogP contribution in [0.5, 0.6) is 0 Å². The van der Waals surface area contributed by atoms with Crippen molar-refractivity contribution in [3.8, 4) is 0 Å². The van der Waals surface area contributed by atoms with Gasteiger partial charge in [0.05, 0.1) is 10.6 Å². The topological polar surface area (TPSA) is 72.2 Å². The van der Waals surface area contributed by atoms with Crippen LogP contribution in [0.15, 0.2) is 39.6 Å². The normalized spacial score (nSPS) is 12.5. The fourth-order valence-electron chi connectivity index (χ4n) is 2.12. The Morgan fingerprint density at radius 3 is 2.39 bits per heavy atom. The summed E-state index contributed by atoms with van der Waals surface area (Å²) >= 11 is 0. The number of aromatic nitrogens is 1. The number of aryl methyl sites for hydroxylation is 2. The molecule has 0 aliphatic rings. The maximum atomic E-state index is 12.1. The summed E-state index contributed by atoms with van der Waals surface area (Å²) in [6, 6.07) is 8.37. The number of hydrogen-bond acceptors (Lipinski definition) is 4. The van der Waals surface area contributed by atoms with Gasteiger partial charge in [-0.3, -0.25) is 0 Å². The van der Waals surface area contributed by atoms with Gasteiger partial charge < -0.3 is 4.42 Å². The second-order valence-corrected chi connectivity index (χ2v) is 8.36. The van der Waals surface area contributed by atoms with Gasteiger partial charge in [0.2, 0.25) is 10.0 Å². The van der Waals surface area contributed by atoms with Gasteiger partial charge in [-0.25, -0.2) is 18.1 Å². The lowest BCUT2D eigenvalue weighted by Crippen LogP contribution is -2.25. The van der Waals surface area contributed by atoms with E-state index in [1.807, 2.05) is 6.92 Å². The van der Waals surface area contributed by atoms with E-state index >= 15 is 0 Å². The van der Waals surface area contributed by atoms with Crippen LogP contribution in [-0.2, 0) is 21.9 Å². The largest absolute Gasteiger partial charge is 0.445 e. The maximum absolute atomic E-state index is 12.1. The second kappa shape index (κ2) is 6.84. The number of benzene rings is 1. The van der Waals surface area contributed by atoms with Crippen LogP contribution in [0, 0.1) is 6.92 Å². The zero-order chi connectivity index (χ0) is 17.1. The predicted octanol–water partition coefficient (Wildman–Crippen LogP) is 3.19. The number of hydrogen-bond donors (Lipinski definition) is 1. The molecule has 2 rings (SSSR count). The molecule has 0 saturated heterocycles. The van der Waals surface area contributed by atoms with Crippen LogP contribution in [0.4, 0.5) is 0 Å². The lowest BCUT2D eigenvalue weighted by molar-refractivity contribution is 0.370. The van der Waals surface area contributed by atoms with Crippen molar-refractivity contribution in [2.24, 2.45) is 0 Å². The smallest absolute Gasteiger partial charge is 0.240 e. The third-order valence-electron chi connectivity index (χ3n) is 3.46. The summed E-state index contributed by atoms with van der Waals surface area (Å²) in [5.74, 6) is 1.55. The van der Waals surface area contributed by atoms with E-state index in [0.717, 1.165) is 17.3 Å². The van der Waals surface area contributed by atoms with Gasteiger partial charge in [0.25, 0.3) is 0 Å². The molecule has 0 fully saturated rings. The third-order valence-corrected chi connectivity index (χ3v) is 4.94. The van der Waals surface area contributed by atoms with Crippen molar-refractivity contribution in [2.75, 3.05) is 6.54 Å². The van der Waals surface area contributed by atoms with Crippen molar-refractivity contribution in [3.05, 3.63) is 47.7 Å². The average molecular weight is 336 g/mol. The molecule has 0 radical (unpaired) electrons. The standard InChI is InChI=1S/C17H24N2O3S/c1-13-15(22-16(19-13)17(2,3)4)11-8-12-18-23(20,21)14-9-6-5-7-10-14/h5-7,9-10,18H,8,11-12H2,1-4H3. The van der Waals surface area contributed by atoms with Gasteiger partial charge in [0.1, 0.15) is 5.76 Å². The Morgan fingerprint density at radius 1 is 1.17 bits per heavy atom. The highest BCUT2D eigenvalue weighted by atomic mass is 32.2. The highest BCUT2D eigenvalue weighted by Gasteiger charge is 2.22. The van der Waals surface area contributed by atoms with Crippen LogP contribution in [0.2, 0.25) is 0 Å². The van der Waals surface area contributed by atoms with Crippen molar-refractivity contribution in [2.45, 2.75) is 50.8 Å². The summed E-state index contributed by atoms with van der Waals surface area (Å²) < 4.78 is 32.6. The zero-order valence-corrected chi connectivity index (χ0v) is 14.9. The van der Waals surface area contributed by atoms with Crippen LogP contribution in [0.1, 0.15) is 44.5 Å². The van der Waals surface area contributed by atoms with E-state index in [0.29, 0.717) is 19.4 Å². The Balaban J connectivity index is 1.90. The molecule has 1 heterocycles. The molecule has 0 spiro atoms. The number of oxazole rings is 1. The van der Waals surface area contributed by atoms with Crippen LogP contribution in [0.3, 0.4) is 0 Å². The molecule has 126 valence electrons. The minimum absolute atomic E-state index is 0.127. The molecule has 0 bridgehead atoms. The van der Waals surface area contributed by atoms with Gasteiger partial charge in [-0.15, -0.1) is 0 Å². The van der Waals surface area contributed by atoms with Gasteiger partial charge >= 0.3 is 0 Å². The number of sulfonamides is 1. The van der Waals surface area contributed by atoms with Crippen molar-refractivity contribution >= 4 is 10.0 Å². The first-order valence-corrected chi connectivity index (χ1v) is 9.20. The summed E-state index contributed by atoms with van der Waals surface area (Å²) in [5.41, 5.74) is 0.749. The van der Waals surface area contributed by atoms with Crippen molar-refractivity contribution < 1.29 is 12.8 Å². The molecule has 0 aliphatic carbocycles. The monoisotopic (exact) mass is 336 g/mol. The van der Waals surface area contributed by atoms with E-state index in [4.69, 9.17) is 4.42 Å². The molecule has 5 nitrogen and oxygen atoms in total. The Kier molecular flexibility index (Phi) is 5.26. The summed E-state index contributed by atoms with van der Waals surface area (Å²) in [7, 11) is -3.44. The van der Waals surface area contributed by atoms with E-state index < -0.39 is 10.0 Å². The van der Waals surface area contributed by atoms with Gasteiger partial charge in [0.15, 0.2) is 5.89 Å². The van der Waals surface area contributed by atoms with E-state index in [2.05, 4.69) is 30.5 Å². The highest BCUT2D eigenvalue weighted by Crippen LogP contribution is 2.24. The molecule has 1 aromatic carbocycles. The number of nitrogens with one attached hydrogen (secondary N) is 1. The van der Waals surface area contributed by atoms with Gasteiger partial charge in [-0.1, -0.05) is 39.0 Å². The van der Waals surface area contributed by atoms with Crippen LogP contribution >= 0.6 is 0 Å². The average Bonchev–Trinajstić information content (AvgIpc) is 2.86. The fourth-order valence-corrected chi connectivity index (χ4v) is 3.21. The SMILES string of the molecule is Cc1nc(C(C)(C)C)oc1CCCNS(=O)(=O)c1ccccc1. The Morgan fingerprint density at radius 2 is 1.83 bits per heavy atom. The lowest BCUT2D eigenvalue weighted by Gasteiger charge is -2.12. The van der Waals surface area contributed by atoms with Gasteiger partial charge in [-0.2, -0.15) is 0 Å². The molecule has 2 aromatic rings. The van der Waals surface area contributed by atoms with Gasteiger partial charge in [0, 0.05) is 18.4 Å². The van der Waals surface area contributed by atoms with Crippen molar-refractivity contribution in [1.82, 2.24) is 9.71 Å². The molecule has 23 heavy (non-hydrogen) atoms. The van der Waals surface area contributed by atoms with Crippen molar-refractivity contribution in [1.29, 1.82) is 0 Å². The molecular formula is C17H24N2O3S. The first-order chi connectivity index (χ1) is 10.7. The van der Waals surface area contributed by atoms with Crippen molar-refractivity contribution in [3.63, 3.8) is 0 Å². The van der Waals surface area contributed by atoms with Gasteiger partial charge in [-0.05, 0) is 25.5 Å². The van der Waals surface area contributed by atoms with E-state index in [1.165, 1.54) is 0 Å². The summed E-state index contributed by atoms with van der Waals surface area (Å²) in [6.07, 6.45) is 1.32. The Labute approximate surface area is 138 Å². The number of nitrogens with zero attached hydrogens (tertiary/aromatic N) is 1. The molecule has 1 N–H and O–H groups in total. The molecule has 0 atom stereocenters. The molecule has 0 aliphatic heterocycles. The van der Waals surface area contributed by atoms with E-state index in [9.17, 15) is 8.42 Å². The fraction of sp³-hybridized carbons (Fsp3) is 0.471. The molecular weight excluding hydrogens is 312 g/mol. The summed E-state index contributed by atoms with van der Waals surface area (Å²) in [4.78, 5) is 4.73. The molecule has 0 saturated carbocycles. The van der Waals surface area contributed by atoms with E-state index in [1.54, 1.807) is 30.3 Å². The van der Waals surface area contributed by atoms with Crippen LogP contribution in [-0.4, -0.2) is 19.9 Å². The molecule has 6 heteroatoms. The Bertz CT molecular complexity index is 744.